The van der Waals surface area contributed by atoms with Gasteiger partial charge in [-0.3, -0.25) is 4.79 Å². The van der Waals surface area contributed by atoms with E-state index >= 15 is 0 Å². The molecule has 3 aromatic rings. The summed E-state index contributed by atoms with van der Waals surface area (Å²) in [6, 6.07) is 23.9. The maximum Gasteiger partial charge on any atom is 0.265 e. The molecule has 3 aromatic carbocycles. The summed E-state index contributed by atoms with van der Waals surface area (Å²) in [7, 11) is 1.48. The third-order valence-corrected chi connectivity index (χ3v) is 4.34. The normalized spacial score (nSPS) is 11.1. The van der Waals surface area contributed by atoms with Crippen LogP contribution >= 0.6 is 0 Å². The molecule has 0 spiro atoms. The van der Waals surface area contributed by atoms with Crippen LogP contribution in [-0.4, -0.2) is 19.1 Å². The second-order valence-corrected chi connectivity index (χ2v) is 6.53. The maximum absolute atomic E-state index is 12.5. The molecule has 30 heavy (non-hydrogen) atoms. The zero-order valence-corrected chi connectivity index (χ0v) is 16.8. The zero-order chi connectivity index (χ0) is 21.3. The summed E-state index contributed by atoms with van der Waals surface area (Å²) in [5.41, 5.74) is 2.17. The quantitative estimate of drug-likeness (QED) is 0.598. The Morgan fingerprint density at radius 3 is 2.43 bits per heavy atom. The number of carbonyl (C=O) groups is 1. The molecule has 0 aliphatic carbocycles. The van der Waals surface area contributed by atoms with E-state index in [0.29, 0.717) is 35.1 Å². The lowest BCUT2D eigenvalue weighted by molar-refractivity contribution is -0.122. The van der Waals surface area contributed by atoms with Gasteiger partial charge in [-0.1, -0.05) is 30.3 Å². The molecular weight excluding hydrogens is 380 g/mol. The van der Waals surface area contributed by atoms with E-state index in [1.165, 1.54) is 7.11 Å². The van der Waals surface area contributed by atoms with Crippen LogP contribution in [0.25, 0.3) is 0 Å². The molecule has 0 aliphatic rings. The molecular formula is C24H22N2O4. The predicted octanol–water partition coefficient (Wildman–Crippen LogP) is 4.55. The molecule has 0 aromatic heterocycles. The van der Waals surface area contributed by atoms with Gasteiger partial charge in [0.15, 0.2) is 17.6 Å². The molecule has 152 valence electrons. The summed E-state index contributed by atoms with van der Waals surface area (Å²) >= 11 is 0. The highest BCUT2D eigenvalue weighted by molar-refractivity contribution is 5.94. The van der Waals surface area contributed by atoms with Crippen molar-refractivity contribution in [3.8, 4) is 23.3 Å². The molecule has 0 heterocycles. The number of nitrogens with zero attached hydrogens (tertiary/aromatic N) is 1. The van der Waals surface area contributed by atoms with Crippen LogP contribution in [0, 0.1) is 11.3 Å². The number of amides is 1. The highest BCUT2D eigenvalue weighted by atomic mass is 16.5. The van der Waals surface area contributed by atoms with Crippen molar-refractivity contribution < 1.29 is 19.0 Å². The molecule has 0 radical (unpaired) electrons. The molecule has 0 aliphatic heterocycles. The van der Waals surface area contributed by atoms with Gasteiger partial charge < -0.3 is 19.5 Å². The van der Waals surface area contributed by atoms with Crippen molar-refractivity contribution in [1.82, 2.24) is 0 Å². The standard InChI is InChI=1S/C24H22N2O4/c1-17(30-22-13-8-19(15-25)14-23(22)28-2)24(27)26-20-9-11-21(12-10-20)29-16-18-6-4-3-5-7-18/h3-14,17H,16H2,1-2H3,(H,26,27)/t17-/m0/s1. The number of nitriles is 1. The first-order chi connectivity index (χ1) is 14.6. The third-order valence-electron chi connectivity index (χ3n) is 4.34. The number of hydrogen-bond acceptors (Lipinski definition) is 5. The average Bonchev–Trinajstić information content (AvgIpc) is 2.79. The first-order valence-electron chi connectivity index (χ1n) is 9.41. The Morgan fingerprint density at radius 2 is 1.77 bits per heavy atom. The monoisotopic (exact) mass is 402 g/mol. The van der Waals surface area contributed by atoms with E-state index < -0.39 is 6.10 Å². The molecule has 0 unspecified atom stereocenters. The maximum atomic E-state index is 12.5. The minimum Gasteiger partial charge on any atom is -0.493 e. The molecule has 0 saturated carbocycles. The van der Waals surface area contributed by atoms with E-state index in [4.69, 9.17) is 19.5 Å². The van der Waals surface area contributed by atoms with Crippen molar-refractivity contribution in [3.05, 3.63) is 83.9 Å². The average molecular weight is 402 g/mol. The number of benzene rings is 3. The molecule has 1 N–H and O–H groups in total. The minimum atomic E-state index is -0.763. The summed E-state index contributed by atoms with van der Waals surface area (Å²) in [5.74, 6) is 1.19. The molecule has 0 bridgehead atoms. The van der Waals surface area contributed by atoms with Crippen molar-refractivity contribution >= 4 is 11.6 Å². The van der Waals surface area contributed by atoms with Crippen molar-refractivity contribution in [1.29, 1.82) is 5.26 Å². The Kier molecular flexibility index (Phi) is 6.91. The Balaban J connectivity index is 1.55. The van der Waals surface area contributed by atoms with Crippen LogP contribution in [0.1, 0.15) is 18.1 Å². The highest BCUT2D eigenvalue weighted by Gasteiger charge is 2.17. The summed E-state index contributed by atoms with van der Waals surface area (Å²) in [5, 5.41) is 11.8. The third kappa shape index (κ3) is 5.52. The van der Waals surface area contributed by atoms with Crippen LogP contribution in [0.15, 0.2) is 72.8 Å². The van der Waals surface area contributed by atoms with Crippen LogP contribution in [-0.2, 0) is 11.4 Å². The number of rotatable bonds is 8. The van der Waals surface area contributed by atoms with Crippen molar-refractivity contribution in [2.45, 2.75) is 19.6 Å². The summed E-state index contributed by atoms with van der Waals surface area (Å²) in [4.78, 5) is 12.5. The van der Waals surface area contributed by atoms with Crippen LogP contribution in [0.5, 0.6) is 17.2 Å². The first kappa shape index (κ1) is 20.7. The van der Waals surface area contributed by atoms with E-state index in [1.54, 1.807) is 49.4 Å². The van der Waals surface area contributed by atoms with Gasteiger partial charge in [0.1, 0.15) is 12.4 Å². The van der Waals surface area contributed by atoms with Crippen molar-refractivity contribution in [3.63, 3.8) is 0 Å². The topological polar surface area (TPSA) is 80.6 Å². The largest absolute Gasteiger partial charge is 0.493 e. The van der Waals surface area contributed by atoms with E-state index in [1.807, 2.05) is 36.4 Å². The van der Waals surface area contributed by atoms with Gasteiger partial charge in [-0.25, -0.2) is 0 Å². The zero-order valence-electron chi connectivity index (χ0n) is 16.8. The van der Waals surface area contributed by atoms with Gasteiger partial charge in [0.25, 0.3) is 5.91 Å². The van der Waals surface area contributed by atoms with Gasteiger partial charge in [-0.15, -0.1) is 0 Å². The van der Waals surface area contributed by atoms with Gasteiger partial charge in [0, 0.05) is 11.8 Å². The van der Waals surface area contributed by atoms with E-state index in [-0.39, 0.29) is 5.91 Å². The second-order valence-electron chi connectivity index (χ2n) is 6.53. The number of ether oxygens (including phenoxy) is 3. The minimum absolute atomic E-state index is 0.306. The molecule has 6 heteroatoms. The number of carbonyl (C=O) groups excluding carboxylic acids is 1. The second kappa shape index (κ2) is 9.99. The Bertz CT molecular complexity index is 1030. The lowest BCUT2D eigenvalue weighted by atomic mass is 10.2. The fourth-order valence-electron chi connectivity index (χ4n) is 2.70. The fourth-order valence-corrected chi connectivity index (χ4v) is 2.70. The van der Waals surface area contributed by atoms with Crippen LogP contribution in [0.2, 0.25) is 0 Å². The van der Waals surface area contributed by atoms with E-state index in [9.17, 15) is 4.79 Å². The highest BCUT2D eigenvalue weighted by Crippen LogP contribution is 2.29. The Morgan fingerprint density at radius 1 is 1.03 bits per heavy atom. The lowest BCUT2D eigenvalue weighted by Crippen LogP contribution is -2.30. The van der Waals surface area contributed by atoms with E-state index in [2.05, 4.69) is 5.32 Å². The van der Waals surface area contributed by atoms with Crippen LogP contribution in [0.3, 0.4) is 0 Å². The molecule has 3 rings (SSSR count). The van der Waals surface area contributed by atoms with E-state index in [0.717, 1.165) is 5.56 Å². The molecule has 0 saturated heterocycles. The van der Waals surface area contributed by atoms with Gasteiger partial charge in [0.2, 0.25) is 0 Å². The number of methoxy groups -OCH3 is 1. The summed E-state index contributed by atoms with van der Waals surface area (Å²) in [6.07, 6.45) is -0.763. The van der Waals surface area contributed by atoms with Crippen LogP contribution in [0.4, 0.5) is 5.69 Å². The lowest BCUT2D eigenvalue weighted by Gasteiger charge is -2.17. The van der Waals surface area contributed by atoms with Gasteiger partial charge in [-0.05, 0) is 48.9 Å². The van der Waals surface area contributed by atoms with Gasteiger partial charge in [-0.2, -0.15) is 5.26 Å². The smallest absolute Gasteiger partial charge is 0.265 e. The number of anilines is 1. The Hall–Kier alpha value is -3.98. The molecule has 1 amide bonds. The molecule has 6 nitrogen and oxygen atoms in total. The van der Waals surface area contributed by atoms with Crippen molar-refractivity contribution in [2.75, 3.05) is 12.4 Å². The SMILES string of the molecule is COc1cc(C#N)ccc1O[C@@H](C)C(=O)Nc1ccc(OCc2ccccc2)cc1. The predicted molar refractivity (Wildman–Crippen MR) is 114 cm³/mol. The number of hydrogen-bond donors (Lipinski definition) is 1. The van der Waals surface area contributed by atoms with Gasteiger partial charge >= 0.3 is 0 Å². The van der Waals surface area contributed by atoms with Crippen molar-refractivity contribution in [2.24, 2.45) is 0 Å². The summed E-state index contributed by atoms with van der Waals surface area (Å²) < 4.78 is 16.7. The molecule has 0 fully saturated rings. The number of nitrogens with one attached hydrogen (secondary N) is 1. The Labute approximate surface area is 175 Å². The first-order valence-corrected chi connectivity index (χ1v) is 9.41. The van der Waals surface area contributed by atoms with Gasteiger partial charge in [0.05, 0.1) is 18.7 Å². The summed E-state index contributed by atoms with van der Waals surface area (Å²) in [6.45, 7) is 2.12. The van der Waals surface area contributed by atoms with Crippen LogP contribution < -0.4 is 19.5 Å². The molecule has 1 atom stereocenters. The fraction of sp³-hybridized carbons (Fsp3) is 0.167.